The monoisotopic (exact) mass is 489 g/mol. The summed E-state index contributed by atoms with van der Waals surface area (Å²) in [7, 11) is 0. The van der Waals surface area contributed by atoms with Crippen LogP contribution >= 0.6 is 0 Å². The number of nitrogens with one attached hydrogen (secondary N) is 1. The Morgan fingerprint density at radius 3 is 2.83 bits per heavy atom. The Bertz CT molecular complexity index is 1340. The summed E-state index contributed by atoms with van der Waals surface area (Å²) in [5, 5.41) is 8.16. The van der Waals surface area contributed by atoms with Crippen LogP contribution in [0.5, 0.6) is 11.5 Å². The van der Waals surface area contributed by atoms with E-state index in [4.69, 9.17) is 14.0 Å². The van der Waals surface area contributed by atoms with Gasteiger partial charge in [0, 0.05) is 48.4 Å². The maximum Gasteiger partial charge on any atom is 0.244 e. The number of aromatic nitrogens is 1. The average Bonchev–Trinajstić information content (AvgIpc) is 3.24. The summed E-state index contributed by atoms with van der Waals surface area (Å²) in [5.74, 6) is 2.05. The molecule has 2 atom stereocenters. The van der Waals surface area contributed by atoms with Gasteiger partial charge in [0.15, 0.2) is 17.1 Å². The van der Waals surface area contributed by atoms with Gasteiger partial charge in [0.1, 0.15) is 5.82 Å². The van der Waals surface area contributed by atoms with Crippen molar-refractivity contribution in [3.05, 3.63) is 71.7 Å². The van der Waals surface area contributed by atoms with Crippen molar-refractivity contribution >= 4 is 23.0 Å². The quantitative estimate of drug-likeness (QED) is 0.389. The van der Waals surface area contributed by atoms with Gasteiger partial charge >= 0.3 is 0 Å². The molecule has 0 bridgehead atoms. The molecule has 1 saturated heterocycles. The second kappa shape index (κ2) is 9.43. The number of piperidine rings is 1. The van der Waals surface area contributed by atoms with Gasteiger partial charge in [-0.05, 0) is 61.8 Å². The number of nitrogens with zero attached hydrogens (tertiary/aromatic N) is 2. The molecule has 186 valence electrons. The third-order valence-corrected chi connectivity index (χ3v) is 7.54. The molecule has 0 spiro atoms. The lowest BCUT2D eigenvalue weighted by Gasteiger charge is -2.31. The topological polar surface area (TPSA) is 76.8 Å². The number of halogens is 1. The van der Waals surface area contributed by atoms with E-state index in [9.17, 15) is 9.18 Å². The number of carbonyl (C=O) groups excluding carboxylic acids is 1. The number of hydrogen-bond acceptors (Lipinski definition) is 6. The van der Waals surface area contributed by atoms with Gasteiger partial charge < -0.3 is 24.2 Å². The van der Waals surface area contributed by atoms with Gasteiger partial charge in [-0.1, -0.05) is 23.4 Å². The zero-order chi connectivity index (χ0) is 24.6. The molecule has 6 rings (SSSR count). The largest absolute Gasteiger partial charge is 0.454 e. The van der Waals surface area contributed by atoms with Crippen molar-refractivity contribution in [2.75, 3.05) is 33.0 Å². The van der Waals surface area contributed by atoms with Crippen LogP contribution in [0.4, 0.5) is 4.39 Å². The maximum atomic E-state index is 13.4. The lowest BCUT2D eigenvalue weighted by atomic mass is 9.91. The Morgan fingerprint density at radius 1 is 1.14 bits per heavy atom. The van der Waals surface area contributed by atoms with Gasteiger partial charge in [-0.2, -0.15) is 0 Å². The second-order valence-corrected chi connectivity index (χ2v) is 9.76. The SMILES string of the molecule is C=C1[C@H](CNC(=O)/C=C/c2ccc3c(c2)OCO3)[C@H]1CN1CCC(c2noc3cc(F)ccc23)CC1. The summed E-state index contributed by atoms with van der Waals surface area (Å²) < 4.78 is 29.5. The minimum absolute atomic E-state index is 0.119. The van der Waals surface area contributed by atoms with E-state index in [0.29, 0.717) is 35.6 Å². The molecule has 2 fully saturated rings. The Morgan fingerprint density at radius 2 is 1.97 bits per heavy atom. The van der Waals surface area contributed by atoms with Crippen LogP contribution in [0.2, 0.25) is 0 Å². The van der Waals surface area contributed by atoms with Crippen molar-refractivity contribution in [3.8, 4) is 11.5 Å². The van der Waals surface area contributed by atoms with Crippen LogP contribution in [0.3, 0.4) is 0 Å². The molecule has 0 unspecified atom stereocenters. The van der Waals surface area contributed by atoms with Gasteiger partial charge in [-0.15, -0.1) is 0 Å². The van der Waals surface area contributed by atoms with E-state index in [1.54, 1.807) is 18.2 Å². The van der Waals surface area contributed by atoms with Crippen LogP contribution in [0.25, 0.3) is 17.0 Å². The molecule has 1 N–H and O–H groups in total. The smallest absolute Gasteiger partial charge is 0.244 e. The zero-order valence-electron chi connectivity index (χ0n) is 19.9. The summed E-state index contributed by atoms with van der Waals surface area (Å²) >= 11 is 0. The lowest BCUT2D eigenvalue weighted by molar-refractivity contribution is -0.116. The van der Waals surface area contributed by atoms with Crippen molar-refractivity contribution in [2.45, 2.75) is 18.8 Å². The predicted molar refractivity (Wildman–Crippen MR) is 133 cm³/mol. The summed E-state index contributed by atoms with van der Waals surface area (Å²) in [6.45, 7) is 7.96. The number of carbonyl (C=O) groups is 1. The fourth-order valence-corrected chi connectivity index (χ4v) is 5.31. The first-order valence-electron chi connectivity index (χ1n) is 12.4. The van der Waals surface area contributed by atoms with E-state index in [1.165, 1.54) is 17.7 Å². The third-order valence-electron chi connectivity index (χ3n) is 7.54. The average molecular weight is 490 g/mol. The number of benzene rings is 2. The highest BCUT2D eigenvalue weighted by Gasteiger charge is 2.43. The minimum Gasteiger partial charge on any atom is -0.454 e. The van der Waals surface area contributed by atoms with Crippen molar-refractivity contribution in [3.63, 3.8) is 0 Å². The van der Waals surface area contributed by atoms with Gasteiger partial charge in [-0.3, -0.25) is 4.79 Å². The van der Waals surface area contributed by atoms with Crippen molar-refractivity contribution in [2.24, 2.45) is 11.8 Å². The van der Waals surface area contributed by atoms with Crippen molar-refractivity contribution < 1.29 is 23.2 Å². The highest BCUT2D eigenvalue weighted by atomic mass is 19.1. The minimum atomic E-state index is -0.309. The lowest BCUT2D eigenvalue weighted by Crippen LogP contribution is -2.35. The molecule has 2 aromatic carbocycles. The van der Waals surface area contributed by atoms with Gasteiger partial charge in [0.25, 0.3) is 0 Å². The fourth-order valence-electron chi connectivity index (χ4n) is 5.31. The van der Waals surface area contributed by atoms with Gasteiger partial charge in [0.05, 0.1) is 5.69 Å². The van der Waals surface area contributed by atoms with E-state index < -0.39 is 0 Å². The summed E-state index contributed by atoms with van der Waals surface area (Å²) in [6.07, 6.45) is 5.30. The van der Waals surface area contributed by atoms with E-state index in [2.05, 4.69) is 22.0 Å². The predicted octanol–water partition coefficient (Wildman–Crippen LogP) is 4.51. The maximum absolute atomic E-state index is 13.4. The second-order valence-electron chi connectivity index (χ2n) is 9.76. The highest BCUT2D eigenvalue weighted by Crippen LogP contribution is 2.45. The Kier molecular flexibility index (Phi) is 5.97. The van der Waals surface area contributed by atoms with E-state index >= 15 is 0 Å². The van der Waals surface area contributed by atoms with Crippen molar-refractivity contribution in [1.29, 1.82) is 0 Å². The summed E-state index contributed by atoms with van der Waals surface area (Å²) in [5.41, 5.74) is 3.55. The molecule has 0 radical (unpaired) electrons. The zero-order valence-corrected chi connectivity index (χ0v) is 19.9. The van der Waals surface area contributed by atoms with Crippen LogP contribution in [0.1, 0.15) is 30.0 Å². The molecular weight excluding hydrogens is 461 g/mol. The molecule has 1 aromatic heterocycles. The van der Waals surface area contributed by atoms with E-state index in [1.807, 2.05) is 18.2 Å². The number of fused-ring (bicyclic) bond motifs is 2. The molecule has 1 saturated carbocycles. The highest BCUT2D eigenvalue weighted by molar-refractivity contribution is 5.91. The van der Waals surface area contributed by atoms with Crippen LogP contribution in [-0.2, 0) is 4.79 Å². The number of likely N-dealkylation sites (tertiary alicyclic amines) is 1. The molecule has 7 nitrogen and oxygen atoms in total. The molecule has 36 heavy (non-hydrogen) atoms. The first kappa shape index (κ1) is 22.8. The number of ether oxygens (including phenoxy) is 2. The molecule has 8 heteroatoms. The molecule has 2 aliphatic heterocycles. The molecule has 1 aliphatic carbocycles. The Hall–Kier alpha value is -3.65. The van der Waals surface area contributed by atoms with Gasteiger partial charge in [-0.25, -0.2) is 4.39 Å². The Labute approximate surface area is 208 Å². The van der Waals surface area contributed by atoms with Crippen LogP contribution < -0.4 is 14.8 Å². The molecule has 3 aromatic rings. The van der Waals surface area contributed by atoms with Crippen LogP contribution in [-0.4, -0.2) is 48.9 Å². The van der Waals surface area contributed by atoms with E-state index in [-0.39, 0.29) is 18.5 Å². The van der Waals surface area contributed by atoms with Crippen LogP contribution in [0.15, 0.2) is 59.1 Å². The van der Waals surface area contributed by atoms with E-state index in [0.717, 1.165) is 54.9 Å². The number of amides is 1. The van der Waals surface area contributed by atoms with Crippen molar-refractivity contribution in [1.82, 2.24) is 15.4 Å². The molecule has 3 aliphatic rings. The van der Waals surface area contributed by atoms with Gasteiger partial charge in [0.2, 0.25) is 12.7 Å². The number of hydrogen-bond donors (Lipinski definition) is 1. The fraction of sp³-hybridized carbons (Fsp3) is 0.357. The normalized spacial score (nSPS) is 22.0. The molecule has 3 heterocycles. The Balaban J connectivity index is 0.954. The van der Waals surface area contributed by atoms with Crippen LogP contribution in [0, 0.1) is 17.7 Å². The number of rotatable bonds is 7. The molecular formula is C28H28FN3O4. The summed E-state index contributed by atoms with van der Waals surface area (Å²) in [6, 6.07) is 10.2. The molecule has 1 amide bonds. The standard InChI is InChI=1S/C28H28FN3O4/c1-17-22(14-30-27(33)7-3-18-2-6-24-26(12-18)35-16-34-24)23(17)15-32-10-8-19(9-11-32)28-21-5-4-20(29)13-25(21)36-31-28/h2-7,12-13,19,22-23H,1,8-11,14-16H2,(H,30,33)/b7-3+/t22-,23-/m0/s1. The first-order chi connectivity index (χ1) is 17.5. The third kappa shape index (κ3) is 4.60. The first-order valence-corrected chi connectivity index (χ1v) is 12.4. The summed E-state index contributed by atoms with van der Waals surface area (Å²) in [4.78, 5) is 14.8.